The molecule has 7 heteroatoms. The molecule has 0 heterocycles. The third-order valence-electron chi connectivity index (χ3n) is 7.16. The van der Waals surface area contributed by atoms with Gasteiger partial charge >= 0.3 is 12.1 Å². The summed E-state index contributed by atoms with van der Waals surface area (Å²) in [4.78, 5) is 37.7. The molecule has 3 N–H and O–H groups in total. The van der Waals surface area contributed by atoms with Gasteiger partial charge in [0.25, 0.3) is 0 Å². The summed E-state index contributed by atoms with van der Waals surface area (Å²) in [5.41, 5.74) is 2.46. The standard InChI is InChI=1S/C28H34N2O5/c1-18-9-8-14-28(15-18,25(33)29-27(2,3)16-24(31)32)30-26(34)35-17-23-21-12-6-4-10-19(21)20-11-5-7-13-22(20)23/h4-7,10-13,18,23H,8-9,14-17H2,1-3H3,(H,29,33)(H,30,34)(H,31,32). The summed E-state index contributed by atoms with van der Waals surface area (Å²) in [5.74, 6) is -1.18. The molecule has 0 spiro atoms. The Morgan fingerprint density at radius 1 is 1.06 bits per heavy atom. The smallest absolute Gasteiger partial charge is 0.408 e. The predicted molar refractivity (Wildman–Crippen MR) is 133 cm³/mol. The molecular formula is C28H34N2O5. The quantitative estimate of drug-likeness (QED) is 0.528. The zero-order valence-corrected chi connectivity index (χ0v) is 20.6. The van der Waals surface area contributed by atoms with E-state index in [0.717, 1.165) is 35.1 Å². The Morgan fingerprint density at radius 3 is 2.23 bits per heavy atom. The third kappa shape index (κ3) is 5.34. The van der Waals surface area contributed by atoms with Gasteiger partial charge in [-0.15, -0.1) is 0 Å². The third-order valence-corrected chi connectivity index (χ3v) is 7.16. The van der Waals surface area contributed by atoms with E-state index in [4.69, 9.17) is 4.74 Å². The first kappa shape index (κ1) is 24.8. The van der Waals surface area contributed by atoms with Gasteiger partial charge in [-0.1, -0.05) is 68.3 Å². The number of hydrogen-bond donors (Lipinski definition) is 3. The summed E-state index contributed by atoms with van der Waals surface area (Å²) in [6.45, 7) is 5.57. The Kier molecular flexibility index (Phi) is 6.88. The summed E-state index contributed by atoms with van der Waals surface area (Å²) < 4.78 is 5.72. The average molecular weight is 479 g/mol. The molecule has 2 aliphatic carbocycles. The van der Waals surface area contributed by atoms with Crippen LogP contribution in [0.4, 0.5) is 4.79 Å². The van der Waals surface area contributed by atoms with E-state index < -0.39 is 23.1 Å². The number of amides is 2. The molecule has 2 aliphatic rings. The zero-order valence-electron chi connectivity index (χ0n) is 20.6. The van der Waals surface area contributed by atoms with Gasteiger partial charge in [0.15, 0.2) is 0 Å². The minimum atomic E-state index is -1.13. The van der Waals surface area contributed by atoms with Crippen LogP contribution in [0.1, 0.15) is 69.9 Å². The lowest BCUT2D eigenvalue weighted by molar-refractivity contribution is -0.139. The largest absolute Gasteiger partial charge is 0.481 e. The summed E-state index contributed by atoms with van der Waals surface area (Å²) in [6, 6.07) is 16.3. The minimum absolute atomic E-state index is 0.0716. The summed E-state index contributed by atoms with van der Waals surface area (Å²) in [7, 11) is 0. The number of nitrogens with one attached hydrogen (secondary N) is 2. The molecule has 2 unspecified atom stereocenters. The number of aliphatic carboxylic acids is 1. The van der Waals surface area contributed by atoms with Crippen molar-refractivity contribution in [1.29, 1.82) is 0 Å². The normalized spacial score (nSPS) is 21.5. The molecule has 1 saturated carbocycles. The van der Waals surface area contributed by atoms with Crippen LogP contribution in [0.25, 0.3) is 11.1 Å². The van der Waals surface area contributed by atoms with E-state index in [1.54, 1.807) is 13.8 Å². The first-order valence-corrected chi connectivity index (χ1v) is 12.3. The summed E-state index contributed by atoms with van der Waals surface area (Å²) in [5, 5.41) is 14.9. The van der Waals surface area contributed by atoms with Gasteiger partial charge in [-0.05, 0) is 54.9 Å². The highest BCUT2D eigenvalue weighted by atomic mass is 16.5. The number of hydrogen-bond acceptors (Lipinski definition) is 4. The Bertz CT molecular complexity index is 1080. The van der Waals surface area contributed by atoms with E-state index in [0.29, 0.717) is 12.8 Å². The molecule has 4 rings (SSSR count). The first-order chi connectivity index (χ1) is 16.6. The van der Waals surface area contributed by atoms with Crippen LogP contribution in [0.15, 0.2) is 48.5 Å². The van der Waals surface area contributed by atoms with Crippen LogP contribution in [0, 0.1) is 5.92 Å². The lowest BCUT2D eigenvalue weighted by Gasteiger charge is -2.41. The SMILES string of the molecule is CC1CCCC(NC(=O)OCC2c3ccccc3-c3ccccc32)(C(=O)NC(C)(C)CC(=O)O)C1. The highest BCUT2D eigenvalue weighted by molar-refractivity contribution is 5.91. The van der Waals surface area contributed by atoms with E-state index >= 15 is 0 Å². The molecule has 2 aromatic rings. The molecule has 0 aliphatic heterocycles. The lowest BCUT2D eigenvalue weighted by atomic mass is 9.75. The molecule has 2 atom stereocenters. The van der Waals surface area contributed by atoms with Crippen molar-refractivity contribution >= 4 is 18.0 Å². The van der Waals surface area contributed by atoms with E-state index in [2.05, 4.69) is 41.8 Å². The van der Waals surface area contributed by atoms with Crippen molar-refractivity contribution in [2.45, 2.75) is 69.9 Å². The van der Waals surface area contributed by atoms with Crippen LogP contribution < -0.4 is 10.6 Å². The van der Waals surface area contributed by atoms with Crippen molar-refractivity contribution in [2.24, 2.45) is 5.92 Å². The van der Waals surface area contributed by atoms with Crippen molar-refractivity contribution in [3.8, 4) is 11.1 Å². The van der Waals surface area contributed by atoms with Crippen molar-refractivity contribution in [3.05, 3.63) is 59.7 Å². The van der Waals surface area contributed by atoms with E-state index in [-0.39, 0.29) is 30.8 Å². The molecule has 0 saturated heterocycles. The second-order valence-electron chi connectivity index (χ2n) is 10.6. The number of rotatable bonds is 7. The first-order valence-electron chi connectivity index (χ1n) is 12.3. The maximum Gasteiger partial charge on any atom is 0.408 e. The van der Waals surface area contributed by atoms with Gasteiger partial charge in [-0.25, -0.2) is 4.79 Å². The molecule has 35 heavy (non-hydrogen) atoms. The molecule has 0 aromatic heterocycles. The molecule has 0 radical (unpaired) electrons. The van der Waals surface area contributed by atoms with Crippen molar-refractivity contribution < 1.29 is 24.2 Å². The van der Waals surface area contributed by atoms with Gasteiger partial charge in [-0.2, -0.15) is 0 Å². The Morgan fingerprint density at radius 2 is 1.66 bits per heavy atom. The van der Waals surface area contributed by atoms with Crippen LogP contribution in [-0.2, 0) is 14.3 Å². The summed E-state index contributed by atoms with van der Waals surface area (Å²) >= 11 is 0. The Hall–Kier alpha value is -3.35. The number of alkyl carbamates (subject to hydrolysis) is 1. The second kappa shape index (κ2) is 9.72. The van der Waals surface area contributed by atoms with Gasteiger partial charge in [0.2, 0.25) is 5.91 Å². The van der Waals surface area contributed by atoms with E-state index in [1.165, 1.54) is 0 Å². The van der Waals surface area contributed by atoms with Crippen LogP contribution in [0.3, 0.4) is 0 Å². The van der Waals surface area contributed by atoms with Gasteiger partial charge in [0.05, 0.1) is 6.42 Å². The molecular weight excluding hydrogens is 444 g/mol. The molecule has 186 valence electrons. The number of carbonyl (C=O) groups is 3. The molecule has 0 bridgehead atoms. The molecule has 2 aromatic carbocycles. The maximum absolute atomic E-state index is 13.4. The Balaban J connectivity index is 1.48. The number of fused-ring (bicyclic) bond motifs is 3. The van der Waals surface area contributed by atoms with Crippen molar-refractivity contribution in [3.63, 3.8) is 0 Å². The topological polar surface area (TPSA) is 105 Å². The van der Waals surface area contributed by atoms with Crippen LogP contribution in [0.2, 0.25) is 0 Å². The number of ether oxygens (including phenoxy) is 1. The number of carbonyl (C=O) groups excluding carboxylic acids is 2. The second-order valence-corrected chi connectivity index (χ2v) is 10.6. The molecule has 1 fully saturated rings. The number of benzene rings is 2. The fourth-order valence-corrected chi connectivity index (χ4v) is 5.61. The fourth-order valence-electron chi connectivity index (χ4n) is 5.61. The van der Waals surface area contributed by atoms with Crippen molar-refractivity contribution in [2.75, 3.05) is 6.61 Å². The van der Waals surface area contributed by atoms with Gasteiger partial charge in [-0.3, -0.25) is 9.59 Å². The zero-order chi connectivity index (χ0) is 25.2. The van der Waals surface area contributed by atoms with Gasteiger partial charge < -0.3 is 20.5 Å². The van der Waals surface area contributed by atoms with Crippen LogP contribution in [-0.4, -0.2) is 40.8 Å². The van der Waals surface area contributed by atoms with Crippen LogP contribution in [0.5, 0.6) is 0 Å². The average Bonchev–Trinajstić information content (AvgIpc) is 3.10. The molecule has 2 amide bonds. The van der Waals surface area contributed by atoms with E-state index in [9.17, 15) is 19.5 Å². The Labute approximate surface area is 206 Å². The van der Waals surface area contributed by atoms with E-state index in [1.807, 2.05) is 24.3 Å². The highest BCUT2D eigenvalue weighted by Gasteiger charge is 2.45. The summed E-state index contributed by atoms with van der Waals surface area (Å²) in [6.07, 6.45) is 1.88. The predicted octanol–water partition coefficient (Wildman–Crippen LogP) is 4.84. The van der Waals surface area contributed by atoms with Crippen LogP contribution >= 0.6 is 0 Å². The monoisotopic (exact) mass is 478 g/mol. The van der Waals surface area contributed by atoms with Gasteiger partial charge in [0, 0.05) is 11.5 Å². The van der Waals surface area contributed by atoms with Gasteiger partial charge in [0.1, 0.15) is 12.1 Å². The fraction of sp³-hybridized carbons (Fsp3) is 0.464. The number of carboxylic acids is 1. The lowest BCUT2D eigenvalue weighted by Crippen LogP contribution is -2.64. The maximum atomic E-state index is 13.4. The van der Waals surface area contributed by atoms with Crippen molar-refractivity contribution in [1.82, 2.24) is 10.6 Å². The minimum Gasteiger partial charge on any atom is -0.481 e. The number of carboxylic acid groups (broad SMARTS) is 1. The molecule has 7 nitrogen and oxygen atoms in total. The highest BCUT2D eigenvalue weighted by Crippen LogP contribution is 2.44.